The van der Waals surface area contributed by atoms with Crippen molar-refractivity contribution in [3.63, 3.8) is 0 Å². The summed E-state index contributed by atoms with van der Waals surface area (Å²) in [5.74, 6) is -1.57. The second kappa shape index (κ2) is 18.7. The summed E-state index contributed by atoms with van der Waals surface area (Å²) >= 11 is 0. The van der Waals surface area contributed by atoms with Gasteiger partial charge in [0.05, 0.1) is 22.3 Å². The minimum atomic E-state index is -0.607. The van der Waals surface area contributed by atoms with Gasteiger partial charge in [-0.2, -0.15) is 0 Å². The molecule has 0 aliphatic rings. The van der Waals surface area contributed by atoms with Crippen molar-refractivity contribution >= 4 is 110 Å². The Bertz CT molecular complexity index is 4420. The van der Waals surface area contributed by atoms with Crippen LogP contribution in [0.3, 0.4) is 0 Å². The summed E-state index contributed by atoms with van der Waals surface area (Å²) in [4.78, 5) is 55.6. The highest BCUT2D eigenvalue weighted by atomic mass is 16.5. The van der Waals surface area contributed by atoms with Gasteiger partial charge in [0, 0.05) is 11.1 Å². The predicted molar refractivity (Wildman–Crippen MR) is 308 cm³/mol. The first-order valence-corrected chi connectivity index (χ1v) is 25.6. The molecule has 0 fully saturated rings. The van der Waals surface area contributed by atoms with Crippen LogP contribution in [0.5, 0.6) is 11.5 Å². The Kier molecular flexibility index (Phi) is 11.1. The molecule has 0 radical (unpaired) electrons. The van der Waals surface area contributed by atoms with Crippen molar-refractivity contribution in [3.8, 4) is 22.6 Å². The maximum absolute atomic E-state index is 14.2. The Labute approximate surface area is 445 Å². The van der Waals surface area contributed by atoms with Crippen LogP contribution in [0.4, 0.5) is 0 Å². The summed E-state index contributed by atoms with van der Waals surface area (Å²) in [5.41, 5.74) is 4.06. The molecule has 14 aromatic carbocycles. The fraction of sp³-hybridized carbons (Fsp3) is 0.0286. The maximum atomic E-state index is 14.2. The summed E-state index contributed by atoms with van der Waals surface area (Å²) in [5, 5.41) is 15.9. The lowest BCUT2D eigenvalue weighted by atomic mass is 9.92. The van der Waals surface area contributed by atoms with Crippen molar-refractivity contribution < 1.29 is 38.1 Å². The molecule has 8 nitrogen and oxygen atoms in total. The summed E-state index contributed by atoms with van der Waals surface area (Å²) in [6.45, 7) is -0.00519. The minimum absolute atomic E-state index is 0.00259. The van der Waals surface area contributed by atoms with Crippen molar-refractivity contribution in [1.29, 1.82) is 0 Å². The molecule has 0 saturated heterocycles. The standard InChI is InChI=1S/C70H42O8/c71-67(51-19-15-41(16-20-51)39-75-69(73)57-35-29-49-25-23-45-9-5-11-47-27-33-55(57)63(49)61(45)47)77-59-37-31-43-7-1-3-13-53(43)65(59)66-54-14-4-2-8-44(54)32-38-60(66)78-68(72)52-21-17-42(18-22-52)40-76-70(74)58-36-30-50-26-24-46-10-6-12-48-28-34-56(58)64(50)62(46)48/h1-38H,39-40H2. The van der Waals surface area contributed by atoms with E-state index in [4.69, 9.17) is 18.9 Å². The van der Waals surface area contributed by atoms with Gasteiger partial charge in [-0.3, -0.25) is 0 Å². The first kappa shape index (κ1) is 46.1. The summed E-state index contributed by atoms with van der Waals surface area (Å²) in [6, 6.07) is 72.7. The zero-order valence-corrected chi connectivity index (χ0v) is 41.6. The molecule has 78 heavy (non-hydrogen) atoms. The van der Waals surface area contributed by atoms with Crippen molar-refractivity contribution in [2.45, 2.75) is 13.2 Å². The van der Waals surface area contributed by atoms with Gasteiger partial charge >= 0.3 is 23.9 Å². The number of benzene rings is 14. The lowest BCUT2D eigenvalue weighted by molar-refractivity contribution is 0.0466. The lowest BCUT2D eigenvalue weighted by Gasteiger charge is -2.19. The van der Waals surface area contributed by atoms with Gasteiger partial charge < -0.3 is 18.9 Å². The lowest BCUT2D eigenvalue weighted by Crippen LogP contribution is -2.11. The number of carbonyl (C=O) groups is 4. The van der Waals surface area contributed by atoms with E-state index < -0.39 is 23.9 Å². The van der Waals surface area contributed by atoms with Gasteiger partial charge in [-0.05, 0) is 146 Å². The molecule has 14 rings (SSSR count). The molecular weight excluding hydrogens is 969 g/mol. The fourth-order valence-corrected chi connectivity index (χ4v) is 11.3. The third kappa shape index (κ3) is 7.94. The molecule has 8 heteroatoms. The van der Waals surface area contributed by atoms with E-state index in [-0.39, 0.29) is 35.8 Å². The van der Waals surface area contributed by atoms with Crippen molar-refractivity contribution in [1.82, 2.24) is 0 Å². The van der Waals surface area contributed by atoms with E-state index in [1.165, 1.54) is 0 Å². The van der Waals surface area contributed by atoms with E-state index in [0.717, 1.165) is 86.2 Å². The van der Waals surface area contributed by atoms with Gasteiger partial charge in [0.1, 0.15) is 24.7 Å². The topological polar surface area (TPSA) is 105 Å². The Morgan fingerprint density at radius 3 is 1.01 bits per heavy atom. The summed E-state index contributed by atoms with van der Waals surface area (Å²) in [6.07, 6.45) is 0. The van der Waals surface area contributed by atoms with Crippen LogP contribution in [0.25, 0.3) is 97.3 Å². The highest BCUT2D eigenvalue weighted by molar-refractivity contribution is 6.27. The third-order valence-electron chi connectivity index (χ3n) is 15.1. The van der Waals surface area contributed by atoms with Crippen LogP contribution in [0, 0.1) is 0 Å². The van der Waals surface area contributed by atoms with Crippen LogP contribution in [-0.4, -0.2) is 23.9 Å². The van der Waals surface area contributed by atoms with Gasteiger partial charge in [-0.1, -0.05) is 182 Å². The smallest absolute Gasteiger partial charge is 0.343 e. The summed E-state index contributed by atoms with van der Waals surface area (Å²) < 4.78 is 24.3. The molecule has 14 aromatic rings. The first-order chi connectivity index (χ1) is 38.3. The average molecular weight is 1010 g/mol. The van der Waals surface area contributed by atoms with Crippen LogP contribution >= 0.6 is 0 Å². The van der Waals surface area contributed by atoms with E-state index in [1.807, 2.05) is 121 Å². The minimum Gasteiger partial charge on any atom is -0.457 e. The SMILES string of the molecule is O=C(Oc1ccc2ccccc2c1-c1c(OC(=O)c2ccc(COC(=O)c3ccc4ccc5cccc6ccc3c4c56)cc2)ccc2ccccc12)c1ccc(COC(=O)c2ccc3ccc4cccc5ccc2c3c45)cc1. The first-order valence-electron chi connectivity index (χ1n) is 25.6. The Morgan fingerprint density at radius 1 is 0.269 bits per heavy atom. The van der Waals surface area contributed by atoms with Gasteiger partial charge in [0.15, 0.2) is 0 Å². The van der Waals surface area contributed by atoms with E-state index in [9.17, 15) is 19.2 Å². The molecule has 0 aliphatic carbocycles. The second-order valence-corrected chi connectivity index (χ2v) is 19.6. The van der Waals surface area contributed by atoms with E-state index in [0.29, 0.717) is 33.4 Å². The number of carbonyl (C=O) groups excluding carboxylic acids is 4. The van der Waals surface area contributed by atoms with Gasteiger partial charge in [0.25, 0.3) is 0 Å². The molecule has 370 valence electrons. The maximum Gasteiger partial charge on any atom is 0.343 e. The van der Waals surface area contributed by atoms with Gasteiger partial charge in [-0.15, -0.1) is 0 Å². The monoisotopic (exact) mass is 1010 g/mol. The molecule has 0 bridgehead atoms. The van der Waals surface area contributed by atoms with Gasteiger partial charge in [0.2, 0.25) is 0 Å². The highest BCUT2D eigenvalue weighted by Gasteiger charge is 2.24. The van der Waals surface area contributed by atoms with E-state index in [2.05, 4.69) is 48.5 Å². The molecule has 0 aliphatic heterocycles. The molecular formula is C70H42O8. The highest BCUT2D eigenvalue weighted by Crippen LogP contribution is 2.46. The van der Waals surface area contributed by atoms with E-state index >= 15 is 0 Å². The van der Waals surface area contributed by atoms with Crippen molar-refractivity contribution in [2.75, 3.05) is 0 Å². The summed E-state index contributed by atoms with van der Waals surface area (Å²) in [7, 11) is 0. The Morgan fingerprint density at radius 2 is 0.603 bits per heavy atom. The van der Waals surface area contributed by atoms with Crippen LogP contribution in [-0.2, 0) is 22.7 Å². The van der Waals surface area contributed by atoms with Gasteiger partial charge in [-0.25, -0.2) is 19.2 Å². The third-order valence-corrected chi connectivity index (χ3v) is 15.1. The fourth-order valence-electron chi connectivity index (χ4n) is 11.3. The molecule has 0 heterocycles. The number of rotatable bonds is 11. The zero-order chi connectivity index (χ0) is 52.4. The molecule has 0 saturated carbocycles. The number of hydrogen-bond acceptors (Lipinski definition) is 8. The quantitative estimate of drug-likeness (QED) is 0.0717. The predicted octanol–water partition coefficient (Wildman–Crippen LogP) is 16.6. The zero-order valence-electron chi connectivity index (χ0n) is 41.6. The molecule has 0 spiro atoms. The largest absolute Gasteiger partial charge is 0.457 e. The van der Waals surface area contributed by atoms with Crippen LogP contribution in [0.15, 0.2) is 231 Å². The Hall–Kier alpha value is -10.4. The van der Waals surface area contributed by atoms with Crippen LogP contribution in [0.2, 0.25) is 0 Å². The molecule has 0 atom stereocenters. The van der Waals surface area contributed by atoms with Crippen LogP contribution < -0.4 is 9.47 Å². The number of ether oxygens (including phenoxy) is 4. The number of esters is 4. The second-order valence-electron chi connectivity index (χ2n) is 19.6. The Balaban J connectivity index is 0.702. The van der Waals surface area contributed by atoms with Crippen molar-refractivity contribution in [2.24, 2.45) is 0 Å². The van der Waals surface area contributed by atoms with Crippen LogP contribution in [0.1, 0.15) is 52.6 Å². The molecule has 0 amide bonds. The molecule has 0 unspecified atom stereocenters. The number of fused-ring (bicyclic) bond motifs is 2. The number of hydrogen-bond donors (Lipinski definition) is 0. The molecule has 0 N–H and O–H groups in total. The molecule has 0 aromatic heterocycles. The normalized spacial score (nSPS) is 11.6. The van der Waals surface area contributed by atoms with E-state index in [1.54, 1.807) is 60.7 Å². The van der Waals surface area contributed by atoms with Crippen molar-refractivity contribution in [3.05, 3.63) is 264 Å². The average Bonchev–Trinajstić information content (AvgIpc) is 3.52.